The Hall–Kier alpha value is -1.91. The highest BCUT2D eigenvalue weighted by atomic mass is 16.4. The molecule has 5 heteroatoms. The minimum absolute atomic E-state index is 0.0815. The smallest absolute Gasteiger partial charge is 0.335 e. The monoisotopic (exact) mass is 290 g/mol. The normalized spacial score (nSPS) is 16.5. The molecule has 1 fully saturated rings. The van der Waals surface area contributed by atoms with Crippen LogP contribution < -0.4 is 0 Å². The van der Waals surface area contributed by atoms with Gasteiger partial charge in [0.05, 0.1) is 5.56 Å². The fourth-order valence-corrected chi connectivity index (χ4v) is 2.64. The Morgan fingerprint density at radius 2 is 2.05 bits per heavy atom. The van der Waals surface area contributed by atoms with Crippen LogP contribution in [-0.4, -0.2) is 40.0 Å². The van der Waals surface area contributed by atoms with E-state index in [0.29, 0.717) is 12.8 Å². The summed E-state index contributed by atoms with van der Waals surface area (Å²) in [5.74, 6) is -0.663. The summed E-state index contributed by atoms with van der Waals surface area (Å²) in [5, 5.41) is 8.99. The van der Waals surface area contributed by atoms with Crippen LogP contribution in [0.25, 0.3) is 0 Å². The molecule has 21 heavy (non-hydrogen) atoms. The third-order valence-corrected chi connectivity index (χ3v) is 4.03. The molecule has 0 bridgehead atoms. The summed E-state index contributed by atoms with van der Waals surface area (Å²) < 4.78 is 0. The number of carbonyl (C=O) groups is 2. The number of carboxylic acid groups (broad SMARTS) is 1. The fraction of sp³-hybridized carbons (Fsp3) is 0.562. The van der Waals surface area contributed by atoms with Crippen molar-refractivity contribution in [3.63, 3.8) is 0 Å². The van der Waals surface area contributed by atoms with Gasteiger partial charge < -0.3 is 10.0 Å². The quantitative estimate of drug-likeness (QED) is 0.905. The lowest BCUT2D eigenvalue weighted by molar-refractivity contribution is -0.132. The molecule has 0 saturated carbocycles. The first-order valence-corrected chi connectivity index (χ1v) is 7.55. The summed E-state index contributed by atoms with van der Waals surface area (Å²) in [5.41, 5.74) is 0.982. The number of amides is 1. The molecule has 0 aromatic carbocycles. The number of pyridine rings is 1. The fourth-order valence-electron chi connectivity index (χ4n) is 2.64. The number of hydrogen-bond donors (Lipinski definition) is 1. The molecule has 2 heterocycles. The Morgan fingerprint density at radius 1 is 1.33 bits per heavy atom. The Labute approximate surface area is 125 Å². The van der Waals surface area contributed by atoms with E-state index in [-0.39, 0.29) is 17.4 Å². The predicted octanol–water partition coefficient (Wildman–Crippen LogP) is 2.68. The lowest BCUT2D eigenvalue weighted by atomic mass is 9.99. The number of nitrogens with zero attached hydrogens (tertiary/aromatic N) is 2. The number of carbonyl (C=O) groups excluding carboxylic acids is 1. The maximum atomic E-state index is 12.1. The number of rotatable bonds is 5. The van der Waals surface area contributed by atoms with Gasteiger partial charge in [-0.15, -0.1) is 0 Å². The molecule has 114 valence electrons. The summed E-state index contributed by atoms with van der Waals surface area (Å²) in [7, 11) is 0. The van der Waals surface area contributed by atoms with Crippen LogP contribution in [0.3, 0.4) is 0 Å². The van der Waals surface area contributed by atoms with Crippen LogP contribution in [0.5, 0.6) is 0 Å². The third-order valence-electron chi connectivity index (χ3n) is 4.03. The van der Waals surface area contributed by atoms with Crippen LogP contribution in [0.4, 0.5) is 0 Å². The van der Waals surface area contributed by atoms with E-state index >= 15 is 0 Å². The van der Waals surface area contributed by atoms with Crippen molar-refractivity contribution in [2.75, 3.05) is 13.1 Å². The number of piperidine rings is 1. The zero-order chi connectivity index (χ0) is 15.2. The highest BCUT2D eigenvalue weighted by Crippen LogP contribution is 2.21. The van der Waals surface area contributed by atoms with Crippen LogP contribution in [0, 0.1) is 0 Å². The van der Waals surface area contributed by atoms with E-state index in [2.05, 4.69) is 4.98 Å². The van der Waals surface area contributed by atoms with Crippen molar-refractivity contribution in [1.82, 2.24) is 9.88 Å². The first-order chi connectivity index (χ1) is 10.1. The molecular weight excluding hydrogens is 268 g/mol. The van der Waals surface area contributed by atoms with Crippen molar-refractivity contribution in [3.05, 3.63) is 29.6 Å². The maximum absolute atomic E-state index is 12.1. The lowest BCUT2D eigenvalue weighted by Crippen LogP contribution is -2.35. The summed E-state index contributed by atoms with van der Waals surface area (Å²) in [6.07, 6.45) is 6.13. The number of aromatic carboxylic acids is 1. The molecular formula is C16H22N2O3. The van der Waals surface area contributed by atoms with Gasteiger partial charge in [-0.2, -0.15) is 0 Å². The molecule has 1 N–H and O–H groups in total. The van der Waals surface area contributed by atoms with Crippen molar-refractivity contribution in [2.45, 2.75) is 44.9 Å². The van der Waals surface area contributed by atoms with Gasteiger partial charge in [-0.3, -0.25) is 9.78 Å². The highest BCUT2D eigenvalue weighted by molar-refractivity contribution is 5.87. The van der Waals surface area contributed by atoms with Gasteiger partial charge in [0.2, 0.25) is 5.91 Å². The zero-order valence-electron chi connectivity index (χ0n) is 12.4. The first kappa shape index (κ1) is 15.5. The van der Waals surface area contributed by atoms with Gasteiger partial charge in [0.1, 0.15) is 0 Å². The van der Waals surface area contributed by atoms with E-state index in [1.807, 2.05) is 11.8 Å². The standard InChI is InChI=1S/C16H22N2O3/c1-12(14-11-13(16(20)21)7-8-17-14)5-6-15(19)18-9-3-2-4-10-18/h7-8,11-12H,2-6,9-10H2,1H3,(H,20,21). The van der Waals surface area contributed by atoms with Crippen LogP contribution in [0.2, 0.25) is 0 Å². The molecule has 1 atom stereocenters. The highest BCUT2D eigenvalue weighted by Gasteiger charge is 2.18. The predicted molar refractivity (Wildman–Crippen MR) is 79.3 cm³/mol. The summed E-state index contributed by atoms with van der Waals surface area (Å²) in [4.78, 5) is 29.2. The molecule has 1 amide bonds. The largest absolute Gasteiger partial charge is 0.478 e. The van der Waals surface area contributed by atoms with Gasteiger partial charge in [-0.1, -0.05) is 6.92 Å². The Balaban J connectivity index is 1.89. The molecule has 0 spiro atoms. The minimum Gasteiger partial charge on any atom is -0.478 e. The molecule has 2 rings (SSSR count). The molecule has 0 aliphatic carbocycles. The molecule has 1 aliphatic heterocycles. The van der Waals surface area contributed by atoms with Gasteiger partial charge >= 0.3 is 5.97 Å². The molecule has 0 radical (unpaired) electrons. The van der Waals surface area contributed by atoms with E-state index in [1.165, 1.54) is 18.7 Å². The molecule has 1 aromatic rings. The number of hydrogen-bond acceptors (Lipinski definition) is 3. The Morgan fingerprint density at radius 3 is 2.71 bits per heavy atom. The van der Waals surface area contributed by atoms with Gasteiger partial charge in [-0.05, 0) is 43.7 Å². The van der Waals surface area contributed by atoms with Crippen molar-refractivity contribution in [1.29, 1.82) is 0 Å². The summed E-state index contributed by atoms with van der Waals surface area (Å²) in [6, 6.07) is 3.08. The zero-order valence-corrected chi connectivity index (χ0v) is 12.4. The van der Waals surface area contributed by atoms with Crippen molar-refractivity contribution in [2.24, 2.45) is 0 Å². The minimum atomic E-state index is -0.949. The molecule has 5 nitrogen and oxygen atoms in total. The average Bonchev–Trinajstić information content (AvgIpc) is 2.53. The van der Waals surface area contributed by atoms with Crippen molar-refractivity contribution >= 4 is 11.9 Å². The van der Waals surface area contributed by atoms with Crippen molar-refractivity contribution < 1.29 is 14.7 Å². The van der Waals surface area contributed by atoms with Crippen molar-refractivity contribution in [3.8, 4) is 0 Å². The first-order valence-electron chi connectivity index (χ1n) is 7.55. The molecule has 1 saturated heterocycles. The number of aromatic nitrogens is 1. The maximum Gasteiger partial charge on any atom is 0.335 e. The second-order valence-corrected chi connectivity index (χ2v) is 5.66. The van der Waals surface area contributed by atoms with Gasteiger partial charge in [0, 0.05) is 31.4 Å². The van der Waals surface area contributed by atoms with Gasteiger partial charge in [0.25, 0.3) is 0 Å². The van der Waals surface area contributed by atoms with Crippen LogP contribution >= 0.6 is 0 Å². The van der Waals surface area contributed by atoms with E-state index in [0.717, 1.165) is 31.6 Å². The second kappa shape index (κ2) is 7.20. The van der Waals surface area contributed by atoms with E-state index in [1.54, 1.807) is 6.07 Å². The van der Waals surface area contributed by atoms with E-state index in [9.17, 15) is 9.59 Å². The Kier molecular flexibility index (Phi) is 5.31. The summed E-state index contributed by atoms with van der Waals surface area (Å²) in [6.45, 7) is 3.73. The van der Waals surface area contributed by atoms with E-state index in [4.69, 9.17) is 5.11 Å². The van der Waals surface area contributed by atoms with Crippen LogP contribution in [0.1, 0.15) is 61.0 Å². The SMILES string of the molecule is CC(CCC(=O)N1CCCCC1)c1cc(C(=O)O)ccn1. The topological polar surface area (TPSA) is 70.5 Å². The third kappa shape index (κ3) is 4.28. The summed E-state index contributed by atoms with van der Waals surface area (Å²) >= 11 is 0. The van der Waals surface area contributed by atoms with Gasteiger partial charge in [-0.25, -0.2) is 4.79 Å². The number of carboxylic acids is 1. The lowest BCUT2D eigenvalue weighted by Gasteiger charge is -2.27. The molecule has 1 aromatic heterocycles. The second-order valence-electron chi connectivity index (χ2n) is 5.66. The van der Waals surface area contributed by atoms with Crippen LogP contribution in [0.15, 0.2) is 18.3 Å². The van der Waals surface area contributed by atoms with Gasteiger partial charge in [0.15, 0.2) is 0 Å². The van der Waals surface area contributed by atoms with Crippen LogP contribution in [-0.2, 0) is 4.79 Å². The average molecular weight is 290 g/mol. The Bertz CT molecular complexity index is 510. The molecule has 1 unspecified atom stereocenters. The molecule has 1 aliphatic rings. The van der Waals surface area contributed by atoms with E-state index < -0.39 is 5.97 Å². The number of likely N-dealkylation sites (tertiary alicyclic amines) is 1.